The van der Waals surface area contributed by atoms with E-state index in [2.05, 4.69) is 0 Å². The van der Waals surface area contributed by atoms with Crippen molar-refractivity contribution in [3.05, 3.63) is 45.8 Å². The van der Waals surface area contributed by atoms with Crippen LogP contribution in [0.15, 0.2) is 33.7 Å². The van der Waals surface area contributed by atoms with Crippen LogP contribution in [0.3, 0.4) is 0 Å². The van der Waals surface area contributed by atoms with Gasteiger partial charge in [0.05, 0.1) is 29.9 Å². The van der Waals surface area contributed by atoms with Crippen LogP contribution in [0.5, 0.6) is 23.0 Å². The van der Waals surface area contributed by atoms with Gasteiger partial charge in [0.2, 0.25) is 5.43 Å². The van der Waals surface area contributed by atoms with Crippen LogP contribution in [0, 0.1) is 0 Å². The van der Waals surface area contributed by atoms with E-state index in [1.807, 2.05) is 27.7 Å². The highest BCUT2D eigenvalue weighted by Crippen LogP contribution is 2.59. The Hall–Kier alpha value is -3.23. The lowest BCUT2D eigenvalue weighted by Gasteiger charge is -2.31. The van der Waals surface area contributed by atoms with E-state index in [9.17, 15) is 15.0 Å². The third-order valence-electron chi connectivity index (χ3n) is 7.15. The van der Waals surface area contributed by atoms with Crippen molar-refractivity contribution in [1.82, 2.24) is 0 Å². The van der Waals surface area contributed by atoms with Crippen molar-refractivity contribution in [2.75, 3.05) is 7.11 Å². The van der Waals surface area contributed by atoms with Crippen LogP contribution >= 0.6 is 0 Å². The molecule has 8 nitrogen and oxygen atoms in total. The number of benzene rings is 2. The van der Waals surface area contributed by atoms with E-state index in [0.29, 0.717) is 28.9 Å². The monoisotopic (exact) mass is 466 g/mol. The minimum absolute atomic E-state index is 0.0672. The largest absolute Gasteiger partial charge is 0.507 e. The maximum atomic E-state index is 13.7. The van der Waals surface area contributed by atoms with Crippen molar-refractivity contribution in [3.8, 4) is 34.1 Å². The summed E-state index contributed by atoms with van der Waals surface area (Å²) in [5.74, 6) is 0.506. The van der Waals surface area contributed by atoms with E-state index in [1.165, 1.54) is 19.4 Å². The molecular formula is C26H26O8. The Kier molecular flexibility index (Phi) is 4.18. The summed E-state index contributed by atoms with van der Waals surface area (Å²) in [5, 5.41) is 21.7. The summed E-state index contributed by atoms with van der Waals surface area (Å²) < 4.78 is 29.1. The summed E-state index contributed by atoms with van der Waals surface area (Å²) >= 11 is 0. The maximum absolute atomic E-state index is 13.7. The molecule has 2 saturated heterocycles. The molecule has 0 radical (unpaired) electrons. The Balaban J connectivity index is 1.59. The zero-order valence-electron chi connectivity index (χ0n) is 19.6. The van der Waals surface area contributed by atoms with E-state index >= 15 is 0 Å². The Bertz CT molecular complexity index is 1420. The number of rotatable bonds is 4. The first kappa shape index (κ1) is 21.3. The lowest BCUT2D eigenvalue weighted by Crippen LogP contribution is -2.38. The number of hydrogen-bond acceptors (Lipinski definition) is 8. The second-order valence-corrected chi connectivity index (χ2v) is 10.2. The van der Waals surface area contributed by atoms with Crippen LogP contribution in [0.1, 0.15) is 44.9 Å². The fourth-order valence-corrected chi connectivity index (χ4v) is 5.01. The van der Waals surface area contributed by atoms with Crippen LogP contribution in [0.4, 0.5) is 0 Å². The number of aromatic hydroxyl groups is 2. The van der Waals surface area contributed by atoms with Gasteiger partial charge in [0.25, 0.3) is 0 Å². The fourth-order valence-electron chi connectivity index (χ4n) is 5.01. The molecule has 0 saturated carbocycles. The van der Waals surface area contributed by atoms with E-state index in [4.69, 9.17) is 23.4 Å². The minimum atomic E-state index is -0.590. The van der Waals surface area contributed by atoms with Crippen molar-refractivity contribution >= 4 is 11.0 Å². The molecule has 8 heteroatoms. The molecular weight excluding hydrogens is 440 g/mol. The van der Waals surface area contributed by atoms with Gasteiger partial charge in [0.15, 0.2) is 17.1 Å². The number of epoxide rings is 2. The van der Waals surface area contributed by atoms with Crippen molar-refractivity contribution in [2.24, 2.45) is 0 Å². The maximum Gasteiger partial charge on any atom is 0.204 e. The first-order valence-corrected chi connectivity index (χ1v) is 11.3. The summed E-state index contributed by atoms with van der Waals surface area (Å²) in [6.45, 7) is 7.85. The molecule has 0 aliphatic carbocycles. The highest BCUT2D eigenvalue weighted by molar-refractivity contribution is 5.93. The molecule has 4 heterocycles. The molecule has 2 aromatic carbocycles. The first-order valence-electron chi connectivity index (χ1n) is 11.3. The van der Waals surface area contributed by atoms with Crippen molar-refractivity contribution in [1.29, 1.82) is 0 Å². The van der Waals surface area contributed by atoms with E-state index in [-0.39, 0.29) is 57.7 Å². The van der Waals surface area contributed by atoms with Crippen molar-refractivity contribution in [2.45, 2.75) is 63.6 Å². The highest BCUT2D eigenvalue weighted by atomic mass is 16.6. The third kappa shape index (κ3) is 2.95. The van der Waals surface area contributed by atoms with Gasteiger partial charge >= 0.3 is 0 Å². The average molecular weight is 466 g/mol. The molecule has 3 aromatic rings. The molecule has 3 unspecified atom stereocenters. The topological polar surface area (TPSA) is 114 Å². The molecule has 6 rings (SSSR count). The predicted molar refractivity (Wildman–Crippen MR) is 123 cm³/mol. The number of hydrogen-bond donors (Lipinski definition) is 2. The van der Waals surface area contributed by atoms with Crippen LogP contribution in [0.2, 0.25) is 0 Å². The molecule has 178 valence electrons. The average Bonchev–Trinajstić information content (AvgIpc) is 3.67. The van der Waals surface area contributed by atoms with Crippen LogP contribution in [-0.4, -0.2) is 40.7 Å². The van der Waals surface area contributed by atoms with Crippen LogP contribution in [-0.2, 0) is 15.9 Å². The second-order valence-electron chi connectivity index (χ2n) is 10.2. The lowest BCUT2D eigenvalue weighted by molar-refractivity contribution is 0.0710. The molecule has 3 atom stereocenters. The first-order chi connectivity index (χ1) is 16.0. The Morgan fingerprint density at radius 1 is 1.12 bits per heavy atom. The number of fused-ring (bicyclic) bond motifs is 5. The predicted octanol–water partition coefficient (Wildman–Crippen LogP) is 4.21. The van der Waals surface area contributed by atoms with Crippen LogP contribution in [0.25, 0.3) is 22.1 Å². The summed E-state index contributed by atoms with van der Waals surface area (Å²) in [4.78, 5) is 13.7. The van der Waals surface area contributed by atoms with Crippen LogP contribution < -0.4 is 14.9 Å². The summed E-state index contributed by atoms with van der Waals surface area (Å²) in [5.41, 5.74) is 0.746. The molecule has 3 aliphatic rings. The van der Waals surface area contributed by atoms with E-state index in [0.717, 1.165) is 0 Å². The third-order valence-corrected chi connectivity index (χ3v) is 7.15. The normalized spacial score (nSPS) is 25.3. The quantitative estimate of drug-likeness (QED) is 0.550. The zero-order chi connectivity index (χ0) is 24.2. The van der Waals surface area contributed by atoms with Gasteiger partial charge in [0, 0.05) is 12.0 Å². The Labute approximate surface area is 195 Å². The molecule has 34 heavy (non-hydrogen) atoms. The lowest BCUT2D eigenvalue weighted by atomic mass is 9.88. The SMILES string of the molecule is COc1ccc(-c2coc3c4c(c(CC5OC5(C)C)c(O)c3c2=O)OC(C)(C)C2OC42)cc1O. The molecule has 1 aromatic heterocycles. The number of phenolic OH excluding ortho intramolecular Hbond substituents is 2. The molecule has 0 bridgehead atoms. The number of ether oxygens (including phenoxy) is 4. The highest BCUT2D eigenvalue weighted by Gasteiger charge is 2.59. The van der Waals surface area contributed by atoms with Gasteiger partial charge in [0.1, 0.15) is 41.0 Å². The van der Waals surface area contributed by atoms with Gasteiger partial charge in [-0.3, -0.25) is 4.79 Å². The van der Waals surface area contributed by atoms with Gasteiger partial charge < -0.3 is 33.6 Å². The van der Waals surface area contributed by atoms with Crippen molar-refractivity contribution < 1.29 is 33.6 Å². The number of phenols is 2. The van der Waals surface area contributed by atoms with E-state index in [1.54, 1.807) is 12.1 Å². The zero-order valence-corrected chi connectivity index (χ0v) is 19.6. The van der Waals surface area contributed by atoms with Crippen molar-refractivity contribution in [3.63, 3.8) is 0 Å². The van der Waals surface area contributed by atoms with E-state index < -0.39 is 11.0 Å². The molecule has 2 fully saturated rings. The smallest absolute Gasteiger partial charge is 0.204 e. The standard InChI is InChI=1S/C26H26O8/c1-25(2)16(33-25)9-12-19(28)17-20(29)13(11-6-7-15(30-5)14(27)8-11)10-31-22(17)18-21(12)34-26(3,4)24-23(18)32-24/h6-8,10,16,23-24,27-28H,9H2,1-5H3. The van der Waals surface area contributed by atoms with Gasteiger partial charge in [-0.25, -0.2) is 0 Å². The molecule has 2 N–H and O–H groups in total. The minimum Gasteiger partial charge on any atom is -0.507 e. The van der Waals surface area contributed by atoms with Gasteiger partial charge in [-0.2, -0.15) is 0 Å². The molecule has 0 amide bonds. The summed E-state index contributed by atoms with van der Waals surface area (Å²) in [7, 11) is 1.45. The van der Waals surface area contributed by atoms with Gasteiger partial charge in [-0.1, -0.05) is 6.07 Å². The Morgan fingerprint density at radius 3 is 2.50 bits per heavy atom. The van der Waals surface area contributed by atoms with Gasteiger partial charge in [-0.15, -0.1) is 0 Å². The molecule has 3 aliphatic heterocycles. The number of methoxy groups -OCH3 is 1. The summed E-state index contributed by atoms with van der Waals surface area (Å²) in [6, 6.07) is 4.65. The summed E-state index contributed by atoms with van der Waals surface area (Å²) in [6.07, 6.45) is 1.16. The molecule has 0 spiro atoms. The second kappa shape index (κ2) is 6.67. The Morgan fingerprint density at radius 2 is 1.85 bits per heavy atom. The van der Waals surface area contributed by atoms with Gasteiger partial charge in [-0.05, 0) is 45.4 Å². The fraction of sp³-hybridized carbons (Fsp3) is 0.423.